The van der Waals surface area contributed by atoms with Gasteiger partial charge in [0.1, 0.15) is 12.1 Å². The number of nitrogens with one attached hydrogen (secondary N) is 2. The number of piperidine rings is 1. The lowest BCUT2D eigenvalue weighted by Gasteiger charge is -2.43. The van der Waals surface area contributed by atoms with Gasteiger partial charge in [0.2, 0.25) is 5.91 Å². The number of urea groups is 1. The zero-order valence-electron chi connectivity index (χ0n) is 20.5. The topological polar surface area (TPSA) is 94.2 Å². The predicted molar refractivity (Wildman–Crippen MR) is 129 cm³/mol. The highest BCUT2D eigenvalue weighted by atomic mass is 16.5. The maximum absolute atomic E-state index is 13.7. The van der Waals surface area contributed by atoms with Gasteiger partial charge >= 0.3 is 6.03 Å². The number of hydrogen-bond donors (Lipinski definition) is 2. The van der Waals surface area contributed by atoms with Gasteiger partial charge in [0.15, 0.2) is 0 Å². The summed E-state index contributed by atoms with van der Waals surface area (Å²) in [6.07, 6.45) is 3.07. The van der Waals surface area contributed by atoms with Crippen molar-refractivity contribution in [3.05, 3.63) is 30.3 Å². The molecular formula is C25H37N5O4. The first-order valence-electron chi connectivity index (χ1n) is 12.3. The number of hydrogen-bond acceptors (Lipinski definition) is 5. The Morgan fingerprint density at radius 2 is 1.85 bits per heavy atom. The number of ether oxygens (including phenoxy) is 1. The van der Waals surface area contributed by atoms with Crippen molar-refractivity contribution in [2.45, 2.75) is 63.6 Å². The molecule has 34 heavy (non-hydrogen) atoms. The molecule has 3 fully saturated rings. The molecule has 1 aromatic rings. The van der Waals surface area contributed by atoms with Crippen LogP contribution in [0.15, 0.2) is 30.3 Å². The number of para-hydroxylation sites is 1. The number of rotatable bonds is 5. The van der Waals surface area contributed by atoms with Crippen LogP contribution in [0.1, 0.15) is 46.5 Å². The summed E-state index contributed by atoms with van der Waals surface area (Å²) in [5.41, 5.74) is -0.126. The highest BCUT2D eigenvalue weighted by Crippen LogP contribution is 2.39. The van der Waals surface area contributed by atoms with E-state index in [1.807, 2.05) is 51.1 Å². The van der Waals surface area contributed by atoms with Gasteiger partial charge in [-0.25, -0.2) is 4.79 Å². The summed E-state index contributed by atoms with van der Waals surface area (Å²) in [5.74, 6) is -0.213. The lowest BCUT2D eigenvalue weighted by atomic mass is 9.85. The van der Waals surface area contributed by atoms with E-state index in [0.29, 0.717) is 39.1 Å². The summed E-state index contributed by atoms with van der Waals surface area (Å²) in [7, 11) is 0. The van der Waals surface area contributed by atoms with Crippen LogP contribution in [0.2, 0.25) is 0 Å². The molecule has 0 bridgehead atoms. The average Bonchev–Trinajstić information content (AvgIpc) is 3.41. The van der Waals surface area contributed by atoms with Crippen molar-refractivity contribution in [1.29, 1.82) is 0 Å². The Hall–Kier alpha value is -2.81. The van der Waals surface area contributed by atoms with E-state index < -0.39 is 5.54 Å². The monoisotopic (exact) mass is 471 g/mol. The average molecular weight is 472 g/mol. The lowest BCUT2D eigenvalue weighted by molar-refractivity contribution is -0.137. The van der Waals surface area contributed by atoms with E-state index in [4.69, 9.17) is 4.74 Å². The van der Waals surface area contributed by atoms with Crippen molar-refractivity contribution in [2.75, 3.05) is 44.4 Å². The fourth-order valence-corrected chi connectivity index (χ4v) is 5.06. The van der Waals surface area contributed by atoms with Crippen molar-refractivity contribution in [3.63, 3.8) is 0 Å². The minimum atomic E-state index is -0.755. The van der Waals surface area contributed by atoms with Crippen LogP contribution in [0.25, 0.3) is 0 Å². The van der Waals surface area contributed by atoms with E-state index in [0.717, 1.165) is 25.1 Å². The molecule has 1 spiro atoms. The van der Waals surface area contributed by atoms with Gasteiger partial charge in [0, 0.05) is 37.5 Å². The number of carbonyl (C=O) groups is 3. The molecule has 2 N–H and O–H groups in total. The summed E-state index contributed by atoms with van der Waals surface area (Å²) >= 11 is 0. The fraction of sp³-hybridized carbons (Fsp3) is 0.640. The van der Waals surface area contributed by atoms with E-state index in [9.17, 15) is 14.4 Å². The summed E-state index contributed by atoms with van der Waals surface area (Å²) < 4.78 is 5.58. The number of amides is 4. The maximum atomic E-state index is 13.7. The van der Waals surface area contributed by atoms with Gasteiger partial charge in [-0.2, -0.15) is 0 Å². The van der Waals surface area contributed by atoms with E-state index in [-0.39, 0.29) is 36.0 Å². The zero-order valence-corrected chi connectivity index (χ0v) is 20.5. The van der Waals surface area contributed by atoms with E-state index in [1.54, 1.807) is 9.80 Å². The Balaban J connectivity index is 1.45. The first-order valence-corrected chi connectivity index (χ1v) is 12.3. The van der Waals surface area contributed by atoms with Gasteiger partial charge < -0.3 is 30.1 Å². The molecule has 186 valence electrons. The summed E-state index contributed by atoms with van der Waals surface area (Å²) in [6.45, 7) is 8.42. The normalized spacial score (nSPS) is 22.4. The zero-order chi connectivity index (χ0) is 24.3. The number of anilines is 1. The number of benzene rings is 1. The van der Waals surface area contributed by atoms with Crippen LogP contribution in [0, 0.1) is 0 Å². The van der Waals surface area contributed by atoms with Gasteiger partial charge in [0.05, 0.1) is 12.8 Å². The van der Waals surface area contributed by atoms with Crippen molar-refractivity contribution < 1.29 is 19.1 Å². The molecule has 4 amide bonds. The molecule has 9 heteroatoms. The van der Waals surface area contributed by atoms with Crippen molar-refractivity contribution in [2.24, 2.45) is 0 Å². The second-order valence-corrected chi connectivity index (χ2v) is 10.5. The third-order valence-corrected chi connectivity index (χ3v) is 6.83. The van der Waals surface area contributed by atoms with Crippen LogP contribution in [0.5, 0.6) is 0 Å². The van der Waals surface area contributed by atoms with Crippen molar-refractivity contribution >= 4 is 23.5 Å². The standard InChI is InChI=1S/C25H37N5O4/c1-24(2,3)27-23(33)28-13-11-25(12-14-28)22(32)29(18-30(25)19-8-5-4-6-9-19)17-21(31)26-16-20-10-7-15-34-20/h4-6,8-9,20H,7,10-18H2,1-3H3,(H,26,31)(H,27,33). The first-order chi connectivity index (χ1) is 16.2. The summed E-state index contributed by atoms with van der Waals surface area (Å²) in [6, 6.07) is 9.74. The number of carbonyl (C=O) groups excluding carboxylic acids is 3. The Morgan fingerprint density at radius 1 is 1.15 bits per heavy atom. The highest BCUT2D eigenvalue weighted by Gasteiger charge is 2.54. The molecular weight excluding hydrogens is 434 g/mol. The molecule has 0 aromatic heterocycles. The molecule has 3 aliphatic rings. The van der Waals surface area contributed by atoms with E-state index in [1.165, 1.54) is 0 Å². The molecule has 0 radical (unpaired) electrons. The highest BCUT2D eigenvalue weighted by molar-refractivity contribution is 5.96. The third-order valence-electron chi connectivity index (χ3n) is 6.83. The van der Waals surface area contributed by atoms with E-state index >= 15 is 0 Å². The van der Waals surface area contributed by atoms with Gasteiger partial charge in [-0.1, -0.05) is 18.2 Å². The summed E-state index contributed by atoms with van der Waals surface area (Å²) in [4.78, 5) is 44.6. The predicted octanol–water partition coefficient (Wildman–Crippen LogP) is 1.93. The SMILES string of the molecule is CC(C)(C)NC(=O)N1CCC2(CC1)C(=O)N(CC(=O)NCC1CCCO1)CN2c1ccccc1. The van der Waals surface area contributed by atoms with Crippen LogP contribution in [0.4, 0.5) is 10.5 Å². The first kappa shape index (κ1) is 24.3. The maximum Gasteiger partial charge on any atom is 0.317 e. The fourth-order valence-electron chi connectivity index (χ4n) is 5.06. The van der Waals surface area contributed by atoms with Crippen LogP contribution in [-0.2, 0) is 14.3 Å². The van der Waals surface area contributed by atoms with Gasteiger partial charge in [0.25, 0.3) is 5.91 Å². The second kappa shape index (κ2) is 9.82. The van der Waals surface area contributed by atoms with Crippen molar-refractivity contribution in [1.82, 2.24) is 20.4 Å². The number of nitrogens with zero attached hydrogens (tertiary/aromatic N) is 3. The van der Waals surface area contributed by atoms with Crippen LogP contribution in [-0.4, -0.2) is 84.3 Å². The molecule has 0 saturated carbocycles. The smallest absolute Gasteiger partial charge is 0.317 e. The molecule has 3 aliphatic heterocycles. The minimum Gasteiger partial charge on any atom is -0.376 e. The molecule has 0 aliphatic carbocycles. The van der Waals surface area contributed by atoms with Gasteiger partial charge in [-0.3, -0.25) is 9.59 Å². The van der Waals surface area contributed by atoms with Crippen LogP contribution >= 0.6 is 0 Å². The van der Waals surface area contributed by atoms with Crippen molar-refractivity contribution in [3.8, 4) is 0 Å². The third kappa shape index (κ3) is 5.29. The van der Waals surface area contributed by atoms with Gasteiger partial charge in [-0.15, -0.1) is 0 Å². The Labute approximate surface area is 201 Å². The lowest BCUT2D eigenvalue weighted by Crippen LogP contribution is -2.59. The molecule has 1 aromatic carbocycles. The van der Waals surface area contributed by atoms with Crippen LogP contribution < -0.4 is 15.5 Å². The molecule has 9 nitrogen and oxygen atoms in total. The summed E-state index contributed by atoms with van der Waals surface area (Å²) in [5, 5.41) is 5.93. The number of likely N-dealkylation sites (tertiary alicyclic amines) is 1. The van der Waals surface area contributed by atoms with Crippen LogP contribution in [0.3, 0.4) is 0 Å². The van der Waals surface area contributed by atoms with Gasteiger partial charge in [-0.05, 0) is 58.6 Å². The second-order valence-electron chi connectivity index (χ2n) is 10.5. The Bertz CT molecular complexity index is 886. The largest absolute Gasteiger partial charge is 0.376 e. The molecule has 1 atom stereocenters. The Morgan fingerprint density at radius 3 is 2.47 bits per heavy atom. The Kier molecular flexibility index (Phi) is 7.02. The van der Waals surface area contributed by atoms with E-state index in [2.05, 4.69) is 15.5 Å². The molecule has 1 unspecified atom stereocenters. The quantitative estimate of drug-likeness (QED) is 0.685. The molecule has 3 heterocycles. The minimum absolute atomic E-state index is 0.0187. The molecule has 4 rings (SSSR count). The molecule has 3 saturated heterocycles.